The van der Waals surface area contributed by atoms with Crippen molar-refractivity contribution >= 4 is 27.1 Å². The van der Waals surface area contributed by atoms with Gasteiger partial charge in [-0.15, -0.1) is 6.58 Å². The van der Waals surface area contributed by atoms with Crippen molar-refractivity contribution in [3.8, 4) is 0 Å². The number of amides is 1. The molecule has 1 amide bonds. The molecular formula is C27H36N2O3S. The summed E-state index contributed by atoms with van der Waals surface area (Å²) in [5.74, 6) is -0.652. The summed E-state index contributed by atoms with van der Waals surface area (Å²) < 4.78 is 26.8. The van der Waals surface area contributed by atoms with Crippen molar-refractivity contribution in [3.05, 3.63) is 66.2 Å². The normalized spacial score (nSPS) is 14.7. The van der Waals surface area contributed by atoms with Gasteiger partial charge in [-0.25, -0.2) is 8.42 Å². The molecule has 5 nitrogen and oxygen atoms in total. The van der Waals surface area contributed by atoms with Gasteiger partial charge < -0.3 is 10.2 Å². The lowest BCUT2D eigenvalue weighted by molar-refractivity contribution is -0.131. The number of hydrogen-bond donors (Lipinski definition) is 1. The summed E-state index contributed by atoms with van der Waals surface area (Å²) in [7, 11) is -3.53. The van der Waals surface area contributed by atoms with Gasteiger partial charge in [0.15, 0.2) is 9.84 Å². The molecule has 0 fully saturated rings. The van der Waals surface area contributed by atoms with E-state index >= 15 is 0 Å². The largest absolute Gasteiger partial charge is 0.355 e. The SMILES string of the molecule is C=CCN(CCCCC)C(=O)C1c2ccccc2Nc2cccc(S(=O)(=O)CCCCC)c21. The van der Waals surface area contributed by atoms with Crippen LogP contribution >= 0.6 is 0 Å². The predicted octanol–water partition coefficient (Wildman–Crippen LogP) is 6.04. The van der Waals surface area contributed by atoms with Crippen LogP contribution in [0.2, 0.25) is 0 Å². The Morgan fingerprint density at radius 3 is 2.42 bits per heavy atom. The summed E-state index contributed by atoms with van der Waals surface area (Å²) in [6.07, 6.45) is 7.18. The average Bonchev–Trinajstić information content (AvgIpc) is 2.81. The third-order valence-corrected chi connectivity index (χ3v) is 8.04. The monoisotopic (exact) mass is 468 g/mol. The Kier molecular flexibility index (Phi) is 8.73. The highest BCUT2D eigenvalue weighted by molar-refractivity contribution is 7.91. The lowest BCUT2D eigenvalue weighted by atomic mass is 9.84. The third kappa shape index (κ3) is 5.67. The number of para-hydroxylation sites is 1. The Hall–Kier alpha value is -2.60. The van der Waals surface area contributed by atoms with Crippen molar-refractivity contribution in [2.45, 2.75) is 63.2 Å². The number of fused-ring (bicyclic) bond motifs is 2. The van der Waals surface area contributed by atoms with E-state index < -0.39 is 15.8 Å². The summed E-state index contributed by atoms with van der Waals surface area (Å²) in [5, 5.41) is 3.37. The van der Waals surface area contributed by atoms with Gasteiger partial charge in [0, 0.05) is 30.0 Å². The summed E-state index contributed by atoms with van der Waals surface area (Å²) in [4.78, 5) is 16.1. The molecule has 1 unspecified atom stereocenters. The van der Waals surface area contributed by atoms with Gasteiger partial charge in [0.05, 0.1) is 16.6 Å². The molecule has 0 aliphatic carbocycles. The molecule has 3 rings (SSSR count). The van der Waals surface area contributed by atoms with Crippen molar-refractivity contribution in [2.75, 3.05) is 24.2 Å². The molecule has 0 aromatic heterocycles. The molecule has 1 atom stereocenters. The van der Waals surface area contributed by atoms with Crippen molar-refractivity contribution in [3.63, 3.8) is 0 Å². The highest BCUT2D eigenvalue weighted by Gasteiger charge is 2.37. The van der Waals surface area contributed by atoms with Gasteiger partial charge in [0.25, 0.3) is 0 Å². The molecule has 1 aliphatic rings. The van der Waals surface area contributed by atoms with Crippen molar-refractivity contribution in [2.24, 2.45) is 0 Å². The number of unbranched alkanes of at least 4 members (excludes halogenated alkanes) is 4. The number of anilines is 2. The second kappa shape index (κ2) is 11.5. The molecule has 178 valence electrons. The van der Waals surface area contributed by atoms with E-state index in [2.05, 4.69) is 25.7 Å². The molecule has 0 saturated carbocycles. The Balaban J connectivity index is 2.11. The number of benzene rings is 2. The number of carbonyl (C=O) groups is 1. The van der Waals surface area contributed by atoms with Gasteiger partial charge in [-0.1, -0.05) is 69.9 Å². The fourth-order valence-electron chi connectivity index (χ4n) is 4.48. The molecule has 0 spiro atoms. The number of nitrogens with one attached hydrogen (secondary N) is 1. The van der Waals surface area contributed by atoms with Crippen molar-refractivity contribution in [1.82, 2.24) is 4.90 Å². The fraction of sp³-hybridized carbons (Fsp3) is 0.444. The maximum Gasteiger partial charge on any atom is 0.235 e. The van der Waals surface area contributed by atoms with Crippen LogP contribution in [0.25, 0.3) is 0 Å². The lowest BCUT2D eigenvalue weighted by Gasteiger charge is -2.34. The van der Waals surface area contributed by atoms with Gasteiger partial charge in [-0.3, -0.25) is 4.79 Å². The molecule has 1 N–H and O–H groups in total. The molecule has 0 saturated heterocycles. The highest BCUT2D eigenvalue weighted by Crippen LogP contribution is 2.45. The number of carbonyl (C=O) groups excluding carboxylic acids is 1. The third-order valence-electron chi connectivity index (χ3n) is 6.19. The molecular weight excluding hydrogens is 432 g/mol. The Labute approximate surface area is 198 Å². The van der Waals surface area contributed by atoms with E-state index in [-0.39, 0.29) is 16.6 Å². The quantitative estimate of drug-likeness (QED) is 0.304. The first-order valence-corrected chi connectivity index (χ1v) is 13.7. The molecule has 6 heteroatoms. The molecule has 2 aromatic rings. The van der Waals surface area contributed by atoms with Crippen LogP contribution in [0.1, 0.15) is 69.4 Å². The van der Waals surface area contributed by atoms with Gasteiger partial charge >= 0.3 is 0 Å². The Morgan fingerprint density at radius 2 is 1.70 bits per heavy atom. The van der Waals surface area contributed by atoms with Crippen LogP contribution < -0.4 is 5.32 Å². The van der Waals surface area contributed by atoms with Crippen LogP contribution in [-0.4, -0.2) is 38.1 Å². The van der Waals surface area contributed by atoms with E-state index in [1.165, 1.54) is 0 Å². The zero-order valence-electron chi connectivity index (χ0n) is 19.8. The topological polar surface area (TPSA) is 66.5 Å². The molecule has 1 heterocycles. The summed E-state index contributed by atoms with van der Waals surface area (Å²) in [6.45, 7) is 9.10. The summed E-state index contributed by atoms with van der Waals surface area (Å²) in [6, 6.07) is 13.0. The molecule has 0 bridgehead atoms. The molecule has 33 heavy (non-hydrogen) atoms. The second-order valence-corrected chi connectivity index (χ2v) is 10.7. The minimum Gasteiger partial charge on any atom is -0.355 e. The van der Waals surface area contributed by atoms with Crippen LogP contribution in [0.15, 0.2) is 60.0 Å². The first-order chi connectivity index (χ1) is 15.9. The minimum absolute atomic E-state index is 0.0718. The predicted molar refractivity (Wildman–Crippen MR) is 136 cm³/mol. The van der Waals surface area contributed by atoms with Gasteiger partial charge in [0.2, 0.25) is 5.91 Å². The lowest BCUT2D eigenvalue weighted by Crippen LogP contribution is -2.38. The van der Waals surface area contributed by atoms with E-state index in [0.29, 0.717) is 30.8 Å². The molecule has 1 aliphatic heterocycles. The number of rotatable bonds is 12. The highest BCUT2D eigenvalue weighted by atomic mass is 32.2. The standard InChI is InChI=1S/C27H36N2O3S/c1-4-7-11-19-29(18-6-3)27(30)25-21-14-9-10-15-22(21)28-23-16-13-17-24(26(23)25)33(31,32)20-12-8-5-2/h6,9-10,13-17,25,28H,3-5,7-8,11-12,18-20H2,1-2H3. The van der Waals surface area contributed by atoms with Crippen LogP contribution in [0.3, 0.4) is 0 Å². The number of hydrogen-bond acceptors (Lipinski definition) is 4. The van der Waals surface area contributed by atoms with Crippen LogP contribution in [0, 0.1) is 0 Å². The molecule has 2 aromatic carbocycles. The molecule has 0 radical (unpaired) electrons. The zero-order chi connectivity index (χ0) is 23.8. The van der Waals surface area contributed by atoms with Gasteiger partial charge in [-0.2, -0.15) is 0 Å². The Morgan fingerprint density at radius 1 is 1.00 bits per heavy atom. The van der Waals surface area contributed by atoms with Crippen molar-refractivity contribution < 1.29 is 13.2 Å². The van der Waals surface area contributed by atoms with E-state index in [4.69, 9.17) is 0 Å². The first kappa shape index (κ1) is 25.0. The first-order valence-electron chi connectivity index (χ1n) is 12.1. The second-order valence-electron chi connectivity index (χ2n) is 8.67. The van der Waals surface area contributed by atoms with E-state index in [1.807, 2.05) is 35.2 Å². The maximum atomic E-state index is 14.0. The smallest absolute Gasteiger partial charge is 0.235 e. The van der Waals surface area contributed by atoms with E-state index in [9.17, 15) is 13.2 Å². The summed E-state index contributed by atoms with van der Waals surface area (Å²) in [5.41, 5.74) is 2.92. The maximum absolute atomic E-state index is 14.0. The van der Waals surface area contributed by atoms with E-state index in [1.54, 1.807) is 18.2 Å². The number of nitrogens with zero attached hydrogens (tertiary/aromatic N) is 1. The fourth-order valence-corrected chi connectivity index (χ4v) is 6.13. The summed E-state index contributed by atoms with van der Waals surface area (Å²) >= 11 is 0. The Bertz CT molecular complexity index is 1080. The average molecular weight is 469 g/mol. The van der Waals surface area contributed by atoms with E-state index in [0.717, 1.165) is 43.4 Å². The van der Waals surface area contributed by atoms with Gasteiger partial charge in [-0.05, 0) is 36.6 Å². The minimum atomic E-state index is -3.53. The van der Waals surface area contributed by atoms with Crippen LogP contribution in [0.5, 0.6) is 0 Å². The zero-order valence-corrected chi connectivity index (χ0v) is 20.7. The van der Waals surface area contributed by atoms with Crippen LogP contribution in [-0.2, 0) is 14.6 Å². The van der Waals surface area contributed by atoms with Crippen molar-refractivity contribution in [1.29, 1.82) is 0 Å². The number of sulfone groups is 1. The van der Waals surface area contributed by atoms with Gasteiger partial charge in [0.1, 0.15) is 0 Å². The van der Waals surface area contributed by atoms with Crippen LogP contribution in [0.4, 0.5) is 11.4 Å².